The number of hydrogen-bond acceptors (Lipinski definition) is 5. The number of benzene rings is 1. The summed E-state index contributed by atoms with van der Waals surface area (Å²) in [7, 11) is 1.57. The first-order chi connectivity index (χ1) is 12.6. The van der Waals surface area contributed by atoms with Crippen LogP contribution in [0.25, 0.3) is 0 Å². The Balaban J connectivity index is 1.97. The fraction of sp³-hybridized carbons (Fsp3) is 0.368. The molecule has 1 amide bonds. The van der Waals surface area contributed by atoms with Gasteiger partial charge in [-0.2, -0.15) is 0 Å². The van der Waals surface area contributed by atoms with Crippen molar-refractivity contribution >= 4 is 11.9 Å². The number of aromatic nitrogens is 1. The van der Waals surface area contributed by atoms with E-state index in [1.807, 2.05) is 32.0 Å². The predicted octanol–water partition coefficient (Wildman–Crippen LogP) is 2.63. The van der Waals surface area contributed by atoms with Crippen LogP contribution in [0.5, 0.6) is 11.5 Å². The van der Waals surface area contributed by atoms with Gasteiger partial charge in [-0.25, -0.2) is 4.79 Å². The van der Waals surface area contributed by atoms with E-state index in [0.717, 1.165) is 5.56 Å². The molecule has 26 heavy (non-hydrogen) atoms. The zero-order valence-corrected chi connectivity index (χ0v) is 15.3. The molecule has 7 nitrogen and oxygen atoms in total. The lowest BCUT2D eigenvalue weighted by Crippen LogP contribution is -2.34. The van der Waals surface area contributed by atoms with Gasteiger partial charge in [-0.3, -0.25) is 4.79 Å². The van der Waals surface area contributed by atoms with E-state index >= 15 is 0 Å². The van der Waals surface area contributed by atoms with Gasteiger partial charge in [0.05, 0.1) is 13.7 Å². The number of amides is 1. The number of aromatic amines is 1. The number of carbonyl (C=O) groups excluding carboxylic acids is 2. The summed E-state index contributed by atoms with van der Waals surface area (Å²) in [6.45, 7) is 4.89. The van der Waals surface area contributed by atoms with Crippen molar-refractivity contribution in [2.45, 2.75) is 20.4 Å². The van der Waals surface area contributed by atoms with Gasteiger partial charge in [0.15, 0.2) is 18.1 Å². The molecule has 1 N–H and O–H groups in total. The molecule has 0 unspecified atom stereocenters. The molecule has 1 heterocycles. The summed E-state index contributed by atoms with van der Waals surface area (Å²) in [6, 6.07) is 8.83. The minimum absolute atomic E-state index is 0.264. The molecule has 7 heteroatoms. The maximum Gasteiger partial charge on any atom is 0.355 e. The lowest BCUT2D eigenvalue weighted by atomic mass is 10.2. The minimum Gasteiger partial charge on any atom is -0.493 e. The lowest BCUT2D eigenvalue weighted by molar-refractivity contribution is -0.134. The van der Waals surface area contributed by atoms with Crippen molar-refractivity contribution in [2.24, 2.45) is 0 Å². The topological polar surface area (TPSA) is 80.9 Å². The Morgan fingerprint density at radius 3 is 2.58 bits per heavy atom. The molecule has 2 aromatic rings. The van der Waals surface area contributed by atoms with Gasteiger partial charge < -0.3 is 24.1 Å². The second-order valence-electron chi connectivity index (χ2n) is 5.49. The molecule has 1 aromatic carbocycles. The Hall–Kier alpha value is -2.96. The normalized spacial score (nSPS) is 10.3. The van der Waals surface area contributed by atoms with Crippen molar-refractivity contribution in [3.8, 4) is 11.5 Å². The van der Waals surface area contributed by atoms with E-state index in [-0.39, 0.29) is 12.5 Å². The van der Waals surface area contributed by atoms with Gasteiger partial charge in [0.1, 0.15) is 5.69 Å². The molecule has 0 fully saturated rings. The molecule has 0 aliphatic carbocycles. The second kappa shape index (κ2) is 9.50. The summed E-state index contributed by atoms with van der Waals surface area (Å²) < 4.78 is 15.9. The highest BCUT2D eigenvalue weighted by Crippen LogP contribution is 2.28. The van der Waals surface area contributed by atoms with Gasteiger partial charge in [0, 0.05) is 19.3 Å². The highest BCUT2D eigenvalue weighted by Gasteiger charge is 2.17. The van der Waals surface area contributed by atoms with Crippen LogP contribution in [0.15, 0.2) is 36.5 Å². The van der Waals surface area contributed by atoms with Crippen LogP contribution < -0.4 is 9.47 Å². The van der Waals surface area contributed by atoms with Crippen LogP contribution in [-0.2, 0) is 16.1 Å². The molecule has 0 aliphatic heterocycles. The Morgan fingerprint density at radius 2 is 1.96 bits per heavy atom. The summed E-state index contributed by atoms with van der Waals surface area (Å²) in [5.41, 5.74) is 1.22. The summed E-state index contributed by atoms with van der Waals surface area (Å²) >= 11 is 0. The number of H-pyrrole nitrogens is 1. The molecule has 0 saturated heterocycles. The first-order valence-corrected chi connectivity index (χ1v) is 8.47. The molecule has 0 atom stereocenters. The molecule has 1 aromatic heterocycles. The van der Waals surface area contributed by atoms with Gasteiger partial charge in [-0.05, 0) is 43.7 Å². The SMILES string of the molecule is CCOc1ccc(CN(CC)C(=O)COC(=O)c2ccc[nH]2)cc1OC. The van der Waals surface area contributed by atoms with Crippen molar-refractivity contribution in [1.82, 2.24) is 9.88 Å². The standard InChI is InChI=1S/C19H24N2O5/c1-4-21(18(22)13-26-19(23)15-7-6-10-20-15)12-14-8-9-16(25-5-2)17(11-14)24-3/h6-11,20H,4-5,12-13H2,1-3H3. The van der Waals surface area contributed by atoms with Gasteiger partial charge in [0.25, 0.3) is 5.91 Å². The van der Waals surface area contributed by atoms with Crippen LogP contribution in [0.3, 0.4) is 0 Å². The van der Waals surface area contributed by atoms with E-state index in [1.54, 1.807) is 30.3 Å². The average Bonchev–Trinajstić information content (AvgIpc) is 3.19. The number of methoxy groups -OCH3 is 1. The molecule has 140 valence electrons. The number of nitrogens with one attached hydrogen (secondary N) is 1. The van der Waals surface area contributed by atoms with E-state index in [9.17, 15) is 9.59 Å². The highest BCUT2D eigenvalue weighted by atomic mass is 16.5. The zero-order chi connectivity index (χ0) is 18.9. The van der Waals surface area contributed by atoms with Crippen molar-refractivity contribution in [3.63, 3.8) is 0 Å². The number of ether oxygens (including phenoxy) is 3. The van der Waals surface area contributed by atoms with E-state index in [2.05, 4.69) is 4.98 Å². The van der Waals surface area contributed by atoms with Gasteiger partial charge in [-0.15, -0.1) is 0 Å². The third-order valence-electron chi connectivity index (χ3n) is 3.78. The largest absolute Gasteiger partial charge is 0.493 e. The number of hydrogen-bond donors (Lipinski definition) is 1. The molecule has 0 saturated carbocycles. The zero-order valence-electron chi connectivity index (χ0n) is 15.3. The fourth-order valence-electron chi connectivity index (χ4n) is 2.44. The second-order valence-corrected chi connectivity index (χ2v) is 5.49. The monoisotopic (exact) mass is 360 g/mol. The maximum atomic E-state index is 12.4. The number of esters is 1. The average molecular weight is 360 g/mol. The molecule has 0 radical (unpaired) electrons. The molecule has 0 aliphatic rings. The molecule has 0 spiro atoms. The van der Waals surface area contributed by atoms with E-state index in [0.29, 0.717) is 36.9 Å². The van der Waals surface area contributed by atoms with Gasteiger partial charge in [0.2, 0.25) is 0 Å². The third kappa shape index (κ3) is 5.02. The first-order valence-electron chi connectivity index (χ1n) is 8.47. The molecular formula is C19H24N2O5. The van der Waals surface area contributed by atoms with Crippen LogP contribution in [0.1, 0.15) is 29.9 Å². The van der Waals surface area contributed by atoms with Crippen LogP contribution in [0.4, 0.5) is 0 Å². The van der Waals surface area contributed by atoms with Crippen molar-refractivity contribution < 1.29 is 23.8 Å². The fourth-order valence-corrected chi connectivity index (χ4v) is 2.44. The van der Waals surface area contributed by atoms with Crippen molar-refractivity contribution in [3.05, 3.63) is 47.8 Å². The van der Waals surface area contributed by atoms with Crippen molar-refractivity contribution in [1.29, 1.82) is 0 Å². The third-order valence-corrected chi connectivity index (χ3v) is 3.78. The lowest BCUT2D eigenvalue weighted by Gasteiger charge is -2.21. The summed E-state index contributed by atoms with van der Waals surface area (Å²) in [6.07, 6.45) is 1.62. The number of likely N-dealkylation sites (N-methyl/N-ethyl adjacent to an activating group) is 1. The predicted molar refractivity (Wildman–Crippen MR) is 96.3 cm³/mol. The van der Waals surface area contributed by atoms with Crippen molar-refractivity contribution in [2.75, 3.05) is 26.9 Å². The summed E-state index contributed by atoms with van der Waals surface area (Å²) in [5.74, 6) is 0.460. The van der Waals surface area contributed by atoms with Crippen LogP contribution in [-0.4, -0.2) is 48.6 Å². The Morgan fingerprint density at radius 1 is 1.15 bits per heavy atom. The van der Waals surface area contributed by atoms with Gasteiger partial charge >= 0.3 is 5.97 Å². The van der Waals surface area contributed by atoms with Gasteiger partial charge in [-0.1, -0.05) is 6.07 Å². The van der Waals surface area contributed by atoms with E-state index in [1.165, 1.54) is 0 Å². The first kappa shape index (κ1) is 19.4. The minimum atomic E-state index is -0.554. The Bertz CT molecular complexity index is 728. The number of carbonyl (C=O) groups is 2. The highest BCUT2D eigenvalue weighted by molar-refractivity contribution is 5.89. The summed E-state index contributed by atoms with van der Waals surface area (Å²) in [4.78, 5) is 28.5. The summed E-state index contributed by atoms with van der Waals surface area (Å²) in [5, 5.41) is 0. The maximum absolute atomic E-state index is 12.4. The number of rotatable bonds is 9. The van der Waals surface area contributed by atoms with Crippen LogP contribution in [0.2, 0.25) is 0 Å². The molecule has 2 rings (SSSR count). The smallest absolute Gasteiger partial charge is 0.355 e. The van der Waals surface area contributed by atoms with Crippen LogP contribution in [0, 0.1) is 0 Å². The van der Waals surface area contributed by atoms with Crippen LogP contribution >= 0.6 is 0 Å². The molecule has 0 bridgehead atoms. The Labute approximate surface area is 152 Å². The Kier molecular flexibility index (Phi) is 7.08. The quantitative estimate of drug-likeness (QED) is 0.695. The van der Waals surface area contributed by atoms with E-state index in [4.69, 9.17) is 14.2 Å². The van der Waals surface area contributed by atoms with E-state index < -0.39 is 5.97 Å². The molecular weight excluding hydrogens is 336 g/mol. The number of nitrogens with zero attached hydrogens (tertiary/aromatic N) is 1.